The van der Waals surface area contributed by atoms with Crippen LogP contribution in [0.5, 0.6) is 0 Å². The summed E-state index contributed by atoms with van der Waals surface area (Å²) in [4.78, 5) is 15.9. The number of carbonyl (C=O) groups excluding carboxylic acids is 1. The molecule has 2 aromatic rings. The van der Waals surface area contributed by atoms with Crippen molar-refractivity contribution >= 4 is 34.8 Å². The summed E-state index contributed by atoms with van der Waals surface area (Å²) in [5.41, 5.74) is 6.94. The van der Waals surface area contributed by atoms with Gasteiger partial charge in [0.1, 0.15) is 0 Å². The van der Waals surface area contributed by atoms with Crippen molar-refractivity contribution in [1.82, 2.24) is 15.8 Å². The Balaban J connectivity index is 2.00. The van der Waals surface area contributed by atoms with Gasteiger partial charge in [0.15, 0.2) is 0 Å². The molecule has 102 valence electrons. The first-order chi connectivity index (χ1) is 9.58. The van der Waals surface area contributed by atoms with Gasteiger partial charge in [0.05, 0.1) is 16.3 Å². The second-order valence-electron chi connectivity index (χ2n) is 3.92. The van der Waals surface area contributed by atoms with Crippen molar-refractivity contribution in [1.29, 1.82) is 0 Å². The molecule has 1 amide bonds. The van der Waals surface area contributed by atoms with Gasteiger partial charge in [-0.1, -0.05) is 29.8 Å². The largest absolute Gasteiger partial charge is 0.298 e. The highest BCUT2D eigenvalue weighted by Crippen LogP contribution is 2.20. The first-order valence-electron chi connectivity index (χ1n) is 5.68. The van der Waals surface area contributed by atoms with Crippen molar-refractivity contribution < 1.29 is 4.79 Å². The molecule has 0 aliphatic carbocycles. The molecule has 0 aliphatic heterocycles. The van der Waals surface area contributed by atoms with Crippen molar-refractivity contribution in [3.8, 4) is 0 Å². The zero-order valence-electron chi connectivity index (χ0n) is 10.4. The lowest BCUT2D eigenvalue weighted by atomic mass is 10.2. The van der Waals surface area contributed by atoms with Gasteiger partial charge in [0.2, 0.25) is 0 Å². The maximum Gasteiger partial charge on any atom is 0.271 e. The van der Waals surface area contributed by atoms with Gasteiger partial charge in [-0.05, 0) is 30.3 Å². The highest BCUT2D eigenvalue weighted by molar-refractivity contribution is 6.36. The van der Waals surface area contributed by atoms with E-state index in [-0.39, 0.29) is 10.9 Å². The van der Waals surface area contributed by atoms with E-state index >= 15 is 0 Å². The lowest BCUT2D eigenvalue weighted by Gasteiger charge is -2.11. The zero-order chi connectivity index (χ0) is 14.5. The molecule has 0 spiro atoms. The number of nitrogens with one attached hydrogen (secondary N) is 2. The van der Waals surface area contributed by atoms with E-state index in [9.17, 15) is 4.79 Å². The summed E-state index contributed by atoms with van der Waals surface area (Å²) in [5, 5.41) is 0.757. The number of nitrogens with zero attached hydrogens (tertiary/aromatic N) is 1. The Morgan fingerprint density at radius 2 is 1.80 bits per heavy atom. The van der Waals surface area contributed by atoms with Crippen LogP contribution in [0.4, 0.5) is 0 Å². The fourth-order valence-corrected chi connectivity index (χ4v) is 1.99. The fourth-order valence-electron chi connectivity index (χ4n) is 1.50. The van der Waals surface area contributed by atoms with E-state index in [1.165, 1.54) is 6.07 Å². The molecule has 0 fully saturated rings. The van der Waals surface area contributed by atoms with Crippen molar-refractivity contribution in [2.24, 2.45) is 0 Å². The number of pyridine rings is 1. The van der Waals surface area contributed by atoms with Crippen LogP contribution in [-0.4, -0.2) is 10.9 Å². The van der Waals surface area contributed by atoms with Crippen LogP contribution in [0, 0.1) is 0 Å². The monoisotopic (exact) mass is 307 g/mol. The van der Waals surface area contributed by atoms with Gasteiger partial charge < -0.3 is 0 Å². The van der Waals surface area contributed by atoms with Crippen LogP contribution in [0.15, 0.2) is 49.3 Å². The van der Waals surface area contributed by atoms with Crippen LogP contribution < -0.4 is 10.9 Å². The molecule has 0 saturated heterocycles. The van der Waals surface area contributed by atoms with Crippen molar-refractivity contribution in [2.45, 2.75) is 0 Å². The molecular formula is C14H11Cl2N3O. The van der Waals surface area contributed by atoms with Gasteiger partial charge in [-0.25, -0.2) is 0 Å². The van der Waals surface area contributed by atoms with E-state index in [0.717, 1.165) is 5.56 Å². The molecule has 0 saturated carbocycles. The maximum absolute atomic E-state index is 12.0. The van der Waals surface area contributed by atoms with Crippen LogP contribution >= 0.6 is 23.2 Å². The number of aromatic nitrogens is 1. The van der Waals surface area contributed by atoms with Crippen LogP contribution in [0.1, 0.15) is 15.9 Å². The van der Waals surface area contributed by atoms with Gasteiger partial charge >= 0.3 is 0 Å². The van der Waals surface area contributed by atoms with Gasteiger partial charge in [0.25, 0.3) is 5.91 Å². The number of hydrazine groups is 1. The van der Waals surface area contributed by atoms with E-state index in [1.807, 2.05) is 0 Å². The lowest BCUT2D eigenvalue weighted by Crippen LogP contribution is -2.36. The Hall–Kier alpha value is -2.04. The molecule has 0 unspecified atom stereocenters. The van der Waals surface area contributed by atoms with Gasteiger partial charge in [-0.2, -0.15) is 0 Å². The number of rotatable bonds is 4. The fraction of sp³-hybridized carbons (Fsp3) is 0. The second kappa shape index (κ2) is 6.41. The van der Waals surface area contributed by atoms with E-state index < -0.39 is 0 Å². The summed E-state index contributed by atoms with van der Waals surface area (Å²) in [7, 11) is 0. The van der Waals surface area contributed by atoms with E-state index in [1.54, 1.807) is 36.7 Å². The van der Waals surface area contributed by atoms with Crippen molar-refractivity contribution in [2.75, 3.05) is 0 Å². The minimum atomic E-state index is -0.373. The van der Waals surface area contributed by atoms with Gasteiger partial charge in [0, 0.05) is 23.0 Å². The summed E-state index contributed by atoms with van der Waals surface area (Å²) < 4.78 is 0. The molecule has 1 aromatic heterocycles. The smallest absolute Gasteiger partial charge is 0.271 e. The predicted molar refractivity (Wildman–Crippen MR) is 80.3 cm³/mol. The topological polar surface area (TPSA) is 54.0 Å². The first kappa shape index (κ1) is 14.4. The highest BCUT2D eigenvalue weighted by Gasteiger charge is 2.10. The summed E-state index contributed by atoms with van der Waals surface area (Å²) in [6, 6.07) is 8.21. The second-order valence-corrected chi connectivity index (χ2v) is 4.76. The van der Waals surface area contributed by atoms with E-state index in [2.05, 4.69) is 22.4 Å². The molecule has 0 radical (unpaired) electrons. The Morgan fingerprint density at radius 3 is 2.45 bits per heavy atom. The standard InChI is InChI=1S/C14H11Cl2N3O/c1-9(10-4-6-17-7-5-10)18-19-14(20)12-3-2-11(15)8-13(12)16/h2-8,18H,1H2,(H,19,20). The average molecular weight is 308 g/mol. The normalized spacial score (nSPS) is 9.90. The molecular weight excluding hydrogens is 297 g/mol. The molecule has 2 rings (SSSR count). The van der Waals surface area contributed by atoms with E-state index in [0.29, 0.717) is 16.3 Å². The number of halogens is 2. The van der Waals surface area contributed by atoms with Gasteiger partial charge in [-0.15, -0.1) is 0 Å². The van der Waals surface area contributed by atoms with Crippen molar-refractivity contribution in [3.63, 3.8) is 0 Å². The summed E-state index contributed by atoms with van der Waals surface area (Å²) >= 11 is 11.7. The summed E-state index contributed by atoms with van der Waals surface area (Å²) in [6.07, 6.45) is 3.28. The average Bonchev–Trinajstić information content (AvgIpc) is 2.45. The first-order valence-corrected chi connectivity index (χ1v) is 6.44. The zero-order valence-corrected chi connectivity index (χ0v) is 11.9. The van der Waals surface area contributed by atoms with Crippen LogP contribution in [0.25, 0.3) is 5.70 Å². The van der Waals surface area contributed by atoms with Crippen LogP contribution in [-0.2, 0) is 0 Å². The maximum atomic E-state index is 12.0. The number of hydrogen-bond donors (Lipinski definition) is 2. The molecule has 2 N–H and O–H groups in total. The molecule has 0 atom stereocenters. The molecule has 4 nitrogen and oxygen atoms in total. The van der Waals surface area contributed by atoms with E-state index in [4.69, 9.17) is 23.2 Å². The Bertz CT molecular complexity index is 644. The number of hydrogen-bond acceptors (Lipinski definition) is 3. The molecule has 6 heteroatoms. The Labute approximate surface area is 126 Å². The Morgan fingerprint density at radius 1 is 1.10 bits per heavy atom. The molecule has 0 bridgehead atoms. The van der Waals surface area contributed by atoms with Gasteiger partial charge in [-0.3, -0.25) is 20.6 Å². The molecule has 1 heterocycles. The number of benzene rings is 1. The van der Waals surface area contributed by atoms with Crippen molar-refractivity contribution in [3.05, 3.63) is 70.5 Å². The minimum Gasteiger partial charge on any atom is -0.298 e. The lowest BCUT2D eigenvalue weighted by molar-refractivity contribution is 0.0942. The van der Waals surface area contributed by atoms with Crippen LogP contribution in [0.3, 0.4) is 0 Å². The molecule has 1 aromatic carbocycles. The molecule has 20 heavy (non-hydrogen) atoms. The quantitative estimate of drug-likeness (QED) is 0.852. The number of amides is 1. The summed E-state index contributed by atoms with van der Waals surface area (Å²) in [5.74, 6) is -0.373. The molecule has 0 aliphatic rings. The highest BCUT2D eigenvalue weighted by atomic mass is 35.5. The SMILES string of the molecule is C=C(NNC(=O)c1ccc(Cl)cc1Cl)c1ccncc1. The Kier molecular flexibility index (Phi) is 4.61. The minimum absolute atomic E-state index is 0.284. The third-order valence-electron chi connectivity index (χ3n) is 2.53. The summed E-state index contributed by atoms with van der Waals surface area (Å²) in [6.45, 7) is 3.82. The van der Waals surface area contributed by atoms with Crippen LogP contribution in [0.2, 0.25) is 10.0 Å². The predicted octanol–water partition coefficient (Wildman–Crippen LogP) is 3.29. The number of carbonyl (C=O) groups is 1. The third kappa shape index (κ3) is 3.50. The third-order valence-corrected chi connectivity index (χ3v) is 3.08.